The van der Waals surface area contributed by atoms with Crippen LogP contribution in [0.15, 0.2) is 47.4 Å². The van der Waals surface area contributed by atoms with Crippen LogP contribution >= 0.6 is 0 Å². The van der Waals surface area contributed by atoms with Crippen molar-refractivity contribution in [3.05, 3.63) is 59.5 Å². The summed E-state index contributed by atoms with van der Waals surface area (Å²) in [4.78, 5) is 14.2. The van der Waals surface area contributed by atoms with E-state index in [0.29, 0.717) is 22.2 Å². The molecule has 0 spiro atoms. The number of carbonyl (C=O) groups excluding carboxylic acids is 1. The van der Waals surface area contributed by atoms with Crippen LogP contribution < -0.4 is 10.0 Å². The van der Waals surface area contributed by atoms with Crippen LogP contribution in [0.4, 0.5) is 10.1 Å². The number of rotatable bonds is 4. The first-order valence-corrected chi connectivity index (χ1v) is 8.93. The molecule has 0 saturated carbocycles. The number of aromatic amines is 1. The number of aryl methyl sites for hydroxylation is 1. The van der Waals surface area contributed by atoms with Crippen molar-refractivity contribution in [2.45, 2.75) is 11.8 Å². The number of H-pyrrole nitrogens is 1. The quantitative estimate of drug-likeness (QED) is 0.667. The van der Waals surface area contributed by atoms with E-state index in [9.17, 15) is 17.6 Å². The molecule has 0 bridgehead atoms. The lowest BCUT2D eigenvalue weighted by molar-refractivity contribution is 0.0959. The van der Waals surface area contributed by atoms with Gasteiger partial charge >= 0.3 is 0 Å². The molecule has 1 amide bonds. The maximum absolute atomic E-state index is 14.0. The number of hydrogen-bond acceptors (Lipinski definition) is 3. The zero-order chi connectivity index (χ0) is 18.2. The number of benzene rings is 2. The molecule has 1 heterocycles. The van der Waals surface area contributed by atoms with Gasteiger partial charge in [0.05, 0.1) is 0 Å². The fraction of sp³-hybridized carbons (Fsp3) is 0.118. The molecule has 25 heavy (non-hydrogen) atoms. The summed E-state index contributed by atoms with van der Waals surface area (Å²) >= 11 is 0. The lowest BCUT2D eigenvalue weighted by Gasteiger charge is -2.11. The van der Waals surface area contributed by atoms with E-state index in [-0.39, 0.29) is 16.5 Å². The third-order valence-electron chi connectivity index (χ3n) is 3.78. The number of halogens is 1. The molecule has 3 rings (SSSR count). The highest BCUT2D eigenvalue weighted by Crippen LogP contribution is 2.25. The van der Waals surface area contributed by atoms with Gasteiger partial charge < -0.3 is 10.3 Å². The summed E-state index contributed by atoms with van der Waals surface area (Å²) in [6, 6.07) is 10.5. The minimum Gasteiger partial charge on any atom is -0.354 e. The van der Waals surface area contributed by atoms with E-state index in [4.69, 9.17) is 0 Å². The Balaban J connectivity index is 1.98. The Morgan fingerprint density at radius 3 is 2.60 bits per heavy atom. The molecule has 0 aliphatic carbocycles. The first-order valence-electron chi connectivity index (χ1n) is 7.44. The summed E-state index contributed by atoms with van der Waals surface area (Å²) in [6.45, 7) is 1.53. The minimum atomic E-state index is -4.07. The van der Waals surface area contributed by atoms with E-state index >= 15 is 0 Å². The van der Waals surface area contributed by atoms with Gasteiger partial charge in [-0.15, -0.1) is 0 Å². The smallest absolute Gasteiger partial charge is 0.267 e. The van der Waals surface area contributed by atoms with Gasteiger partial charge in [-0.3, -0.25) is 9.52 Å². The largest absolute Gasteiger partial charge is 0.354 e. The lowest BCUT2D eigenvalue weighted by Crippen LogP contribution is -2.17. The standard InChI is InChI=1S/C17H16FN3O3S/c1-10-4-3-5-13(18)16(10)25(23,24)21-12-6-7-14-11(8-12)9-15(20-14)17(22)19-2/h3-9,20-21H,1-2H3,(H,19,22). The number of hydrogen-bond donors (Lipinski definition) is 3. The van der Waals surface area contributed by atoms with Gasteiger partial charge in [0.1, 0.15) is 16.4 Å². The molecular weight excluding hydrogens is 345 g/mol. The molecule has 0 saturated heterocycles. The molecule has 0 radical (unpaired) electrons. The molecule has 0 fully saturated rings. The Labute approximate surface area is 144 Å². The van der Waals surface area contributed by atoms with E-state index in [1.807, 2.05) is 0 Å². The van der Waals surface area contributed by atoms with Crippen LogP contribution in [0.1, 0.15) is 16.1 Å². The Kier molecular flexibility index (Phi) is 4.22. The summed E-state index contributed by atoms with van der Waals surface area (Å²) in [5.74, 6) is -1.09. The number of aromatic nitrogens is 1. The summed E-state index contributed by atoms with van der Waals surface area (Å²) in [6.07, 6.45) is 0. The van der Waals surface area contributed by atoms with Crippen LogP contribution in [-0.2, 0) is 10.0 Å². The molecule has 0 atom stereocenters. The van der Waals surface area contributed by atoms with Crippen LogP contribution in [0.3, 0.4) is 0 Å². The average molecular weight is 361 g/mol. The van der Waals surface area contributed by atoms with Crippen molar-refractivity contribution < 1.29 is 17.6 Å². The number of sulfonamides is 1. The second-order valence-corrected chi connectivity index (χ2v) is 7.17. The molecule has 3 aromatic rings. The fourth-order valence-electron chi connectivity index (χ4n) is 2.62. The van der Waals surface area contributed by atoms with Gasteiger partial charge in [0.15, 0.2) is 0 Å². The van der Waals surface area contributed by atoms with E-state index in [1.165, 1.54) is 26.1 Å². The molecule has 0 unspecified atom stereocenters. The second-order valence-electron chi connectivity index (χ2n) is 5.56. The summed E-state index contributed by atoms with van der Waals surface area (Å²) < 4.78 is 41.4. The monoisotopic (exact) mass is 361 g/mol. The third kappa shape index (κ3) is 3.20. The molecule has 3 N–H and O–H groups in total. The molecule has 0 aliphatic rings. The molecule has 8 heteroatoms. The molecule has 6 nitrogen and oxygen atoms in total. The van der Waals surface area contributed by atoms with Crippen molar-refractivity contribution in [2.75, 3.05) is 11.8 Å². The lowest BCUT2D eigenvalue weighted by atomic mass is 10.2. The third-order valence-corrected chi connectivity index (χ3v) is 5.34. The molecule has 130 valence electrons. The molecule has 0 aliphatic heterocycles. The first-order chi connectivity index (χ1) is 11.8. The second kappa shape index (κ2) is 6.21. The summed E-state index contributed by atoms with van der Waals surface area (Å²) in [5, 5.41) is 3.16. The Bertz CT molecular complexity index is 1050. The van der Waals surface area contributed by atoms with E-state index in [1.54, 1.807) is 24.3 Å². The van der Waals surface area contributed by atoms with Crippen molar-refractivity contribution in [2.24, 2.45) is 0 Å². The van der Waals surface area contributed by atoms with E-state index in [0.717, 1.165) is 6.07 Å². The highest BCUT2D eigenvalue weighted by atomic mass is 32.2. The number of carbonyl (C=O) groups is 1. The predicted molar refractivity (Wildman–Crippen MR) is 93.6 cm³/mol. The van der Waals surface area contributed by atoms with Crippen LogP contribution in [0, 0.1) is 12.7 Å². The van der Waals surface area contributed by atoms with Gasteiger partial charge in [-0.2, -0.15) is 0 Å². The Morgan fingerprint density at radius 1 is 1.16 bits per heavy atom. The van der Waals surface area contributed by atoms with Gasteiger partial charge in [-0.25, -0.2) is 12.8 Å². The number of fused-ring (bicyclic) bond motifs is 1. The van der Waals surface area contributed by atoms with Crippen molar-refractivity contribution in [3.63, 3.8) is 0 Å². The molecular formula is C17H16FN3O3S. The molecule has 2 aromatic carbocycles. The van der Waals surface area contributed by atoms with Crippen molar-refractivity contribution in [3.8, 4) is 0 Å². The van der Waals surface area contributed by atoms with Gasteiger partial charge in [0.25, 0.3) is 15.9 Å². The zero-order valence-electron chi connectivity index (χ0n) is 13.6. The summed E-state index contributed by atoms with van der Waals surface area (Å²) in [5.41, 5.74) is 1.64. The SMILES string of the molecule is CNC(=O)c1cc2cc(NS(=O)(=O)c3c(C)cccc3F)ccc2[nH]1. The topological polar surface area (TPSA) is 91.1 Å². The van der Waals surface area contributed by atoms with E-state index < -0.39 is 15.8 Å². The van der Waals surface area contributed by atoms with Crippen molar-refractivity contribution in [1.82, 2.24) is 10.3 Å². The van der Waals surface area contributed by atoms with Crippen molar-refractivity contribution in [1.29, 1.82) is 0 Å². The predicted octanol–water partition coefficient (Wildman–Crippen LogP) is 2.78. The highest BCUT2D eigenvalue weighted by Gasteiger charge is 2.21. The highest BCUT2D eigenvalue weighted by molar-refractivity contribution is 7.92. The molecule has 1 aromatic heterocycles. The van der Waals surface area contributed by atoms with Gasteiger partial charge in [0.2, 0.25) is 0 Å². The maximum Gasteiger partial charge on any atom is 0.267 e. The first kappa shape index (κ1) is 17.0. The van der Waals surface area contributed by atoms with Crippen LogP contribution in [0.2, 0.25) is 0 Å². The number of anilines is 1. The fourth-order valence-corrected chi connectivity index (χ4v) is 3.97. The van der Waals surface area contributed by atoms with Gasteiger partial charge in [-0.05, 0) is 42.8 Å². The zero-order valence-corrected chi connectivity index (χ0v) is 14.4. The Hall–Kier alpha value is -2.87. The normalized spacial score (nSPS) is 11.5. The minimum absolute atomic E-state index is 0.276. The van der Waals surface area contributed by atoms with Crippen LogP contribution in [0.5, 0.6) is 0 Å². The summed E-state index contributed by atoms with van der Waals surface area (Å²) in [7, 11) is -2.55. The van der Waals surface area contributed by atoms with Crippen LogP contribution in [0.25, 0.3) is 10.9 Å². The van der Waals surface area contributed by atoms with Gasteiger partial charge in [-0.1, -0.05) is 12.1 Å². The van der Waals surface area contributed by atoms with Gasteiger partial charge in [0, 0.05) is 23.6 Å². The number of amides is 1. The van der Waals surface area contributed by atoms with Crippen molar-refractivity contribution >= 4 is 32.5 Å². The average Bonchev–Trinajstić information content (AvgIpc) is 2.96. The Morgan fingerprint density at radius 2 is 1.92 bits per heavy atom. The maximum atomic E-state index is 14.0. The van der Waals surface area contributed by atoms with E-state index in [2.05, 4.69) is 15.0 Å². The van der Waals surface area contributed by atoms with Crippen LogP contribution in [-0.4, -0.2) is 26.4 Å². The number of nitrogens with one attached hydrogen (secondary N) is 3.